The standard InChI is InChI=1S/C11H14FNO/c1-8-2-3-9(12)6-10(8)11-7-14-5-4-13-11/h2-3,6,11,13H,4-5,7H2,1H3/t11-/m0/s1. The minimum atomic E-state index is -0.182. The lowest BCUT2D eigenvalue weighted by Crippen LogP contribution is -2.35. The maximum atomic E-state index is 13.0. The first-order valence-corrected chi connectivity index (χ1v) is 4.84. The largest absolute Gasteiger partial charge is 0.378 e. The number of aryl methyl sites for hydroxylation is 1. The second kappa shape index (κ2) is 4.07. The van der Waals surface area contributed by atoms with Crippen LogP contribution in [0.4, 0.5) is 4.39 Å². The van der Waals surface area contributed by atoms with Crippen LogP contribution in [0.25, 0.3) is 0 Å². The highest BCUT2D eigenvalue weighted by molar-refractivity contribution is 5.29. The molecule has 0 unspecified atom stereocenters. The Labute approximate surface area is 83.1 Å². The van der Waals surface area contributed by atoms with E-state index in [1.54, 1.807) is 12.1 Å². The molecule has 1 aliphatic rings. The van der Waals surface area contributed by atoms with E-state index in [0.29, 0.717) is 6.61 Å². The number of nitrogens with one attached hydrogen (secondary N) is 1. The van der Waals surface area contributed by atoms with Crippen molar-refractivity contribution in [3.05, 3.63) is 35.1 Å². The summed E-state index contributed by atoms with van der Waals surface area (Å²) in [6.45, 7) is 4.20. The van der Waals surface area contributed by atoms with Gasteiger partial charge in [-0.05, 0) is 30.2 Å². The van der Waals surface area contributed by atoms with Gasteiger partial charge in [0.05, 0.1) is 19.3 Å². The molecule has 0 aromatic heterocycles. The van der Waals surface area contributed by atoms with Crippen LogP contribution in [-0.2, 0) is 4.74 Å². The lowest BCUT2D eigenvalue weighted by molar-refractivity contribution is 0.0766. The molecule has 0 aliphatic carbocycles. The summed E-state index contributed by atoms with van der Waals surface area (Å²) in [6, 6.07) is 5.02. The van der Waals surface area contributed by atoms with Gasteiger partial charge in [0.15, 0.2) is 0 Å². The van der Waals surface area contributed by atoms with Crippen LogP contribution >= 0.6 is 0 Å². The third-order valence-electron chi connectivity index (χ3n) is 2.54. The Bertz CT molecular complexity index is 321. The smallest absolute Gasteiger partial charge is 0.123 e. The van der Waals surface area contributed by atoms with Crippen LogP contribution in [0.3, 0.4) is 0 Å². The Morgan fingerprint density at radius 1 is 1.50 bits per heavy atom. The first-order valence-electron chi connectivity index (χ1n) is 4.84. The molecule has 0 bridgehead atoms. The number of hydrogen-bond donors (Lipinski definition) is 1. The maximum Gasteiger partial charge on any atom is 0.123 e. The highest BCUT2D eigenvalue weighted by Gasteiger charge is 2.17. The van der Waals surface area contributed by atoms with Gasteiger partial charge in [-0.25, -0.2) is 4.39 Å². The minimum absolute atomic E-state index is 0.138. The van der Waals surface area contributed by atoms with E-state index < -0.39 is 0 Å². The predicted molar refractivity (Wildman–Crippen MR) is 52.7 cm³/mol. The van der Waals surface area contributed by atoms with E-state index in [4.69, 9.17) is 4.74 Å². The van der Waals surface area contributed by atoms with E-state index in [2.05, 4.69) is 5.32 Å². The van der Waals surface area contributed by atoms with Crippen LogP contribution in [0.2, 0.25) is 0 Å². The predicted octanol–water partition coefficient (Wildman–Crippen LogP) is 1.80. The number of halogens is 1. The monoisotopic (exact) mass is 195 g/mol. The molecule has 1 saturated heterocycles. The molecule has 0 amide bonds. The number of morpholine rings is 1. The second-order valence-electron chi connectivity index (χ2n) is 3.58. The normalized spacial score (nSPS) is 22.3. The van der Waals surface area contributed by atoms with Crippen molar-refractivity contribution in [3.63, 3.8) is 0 Å². The van der Waals surface area contributed by atoms with Gasteiger partial charge in [-0.15, -0.1) is 0 Å². The third kappa shape index (κ3) is 1.94. The summed E-state index contributed by atoms with van der Waals surface area (Å²) < 4.78 is 18.4. The Morgan fingerprint density at radius 2 is 2.36 bits per heavy atom. The summed E-state index contributed by atoms with van der Waals surface area (Å²) in [6.07, 6.45) is 0. The fourth-order valence-electron chi connectivity index (χ4n) is 1.75. The zero-order chi connectivity index (χ0) is 9.97. The summed E-state index contributed by atoms with van der Waals surface area (Å²) in [7, 11) is 0. The fraction of sp³-hybridized carbons (Fsp3) is 0.455. The number of hydrogen-bond acceptors (Lipinski definition) is 2. The molecule has 1 aliphatic heterocycles. The number of ether oxygens (including phenoxy) is 1. The van der Waals surface area contributed by atoms with Crippen molar-refractivity contribution in [2.45, 2.75) is 13.0 Å². The highest BCUT2D eigenvalue weighted by atomic mass is 19.1. The average molecular weight is 195 g/mol. The molecular weight excluding hydrogens is 181 g/mol. The van der Waals surface area contributed by atoms with Crippen LogP contribution in [0.15, 0.2) is 18.2 Å². The van der Waals surface area contributed by atoms with Gasteiger partial charge in [0.2, 0.25) is 0 Å². The van der Waals surface area contributed by atoms with Crippen molar-refractivity contribution in [1.29, 1.82) is 0 Å². The van der Waals surface area contributed by atoms with Crippen molar-refractivity contribution in [1.82, 2.24) is 5.32 Å². The molecule has 2 rings (SSSR count). The zero-order valence-electron chi connectivity index (χ0n) is 8.22. The quantitative estimate of drug-likeness (QED) is 0.737. The SMILES string of the molecule is Cc1ccc(F)cc1[C@@H]1COCCN1. The van der Waals surface area contributed by atoms with Gasteiger partial charge in [-0.1, -0.05) is 6.07 Å². The zero-order valence-corrected chi connectivity index (χ0v) is 8.22. The van der Waals surface area contributed by atoms with Crippen molar-refractivity contribution in [2.75, 3.05) is 19.8 Å². The van der Waals surface area contributed by atoms with E-state index in [9.17, 15) is 4.39 Å². The Kier molecular flexibility index (Phi) is 2.79. The Hall–Kier alpha value is -0.930. The van der Waals surface area contributed by atoms with Crippen LogP contribution in [0.1, 0.15) is 17.2 Å². The van der Waals surface area contributed by atoms with Gasteiger partial charge in [0.25, 0.3) is 0 Å². The molecule has 1 aromatic rings. The first kappa shape index (κ1) is 9.62. The summed E-state index contributed by atoms with van der Waals surface area (Å²) >= 11 is 0. The Balaban J connectivity index is 2.24. The molecule has 1 atom stereocenters. The minimum Gasteiger partial charge on any atom is -0.378 e. The number of rotatable bonds is 1. The summed E-state index contributed by atoms with van der Waals surface area (Å²) in [5.74, 6) is -0.182. The molecule has 1 aromatic carbocycles. The van der Waals surface area contributed by atoms with Crippen molar-refractivity contribution < 1.29 is 9.13 Å². The molecule has 1 heterocycles. The maximum absolute atomic E-state index is 13.0. The van der Waals surface area contributed by atoms with Crippen LogP contribution in [-0.4, -0.2) is 19.8 Å². The van der Waals surface area contributed by atoms with Crippen LogP contribution < -0.4 is 5.32 Å². The van der Waals surface area contributed by atoms with Crippen LogP contribution in [0.5, 0.6) is 0 Å². The van der Waals surface area contributed by atoms with Gasteiger partial charge in [-0.3, -0.25) is 0 Å². The summed E-state index contributed by atoms with van der Waals surface area (Å²) in [4.78, 5) is 0. The van der Waals surface area contributed by atoms with E-state index >= 15 is 0 Å². The molecule has 3 heteroatoms. The second-order valence-corrected chi connectivity index (χ2v) is 3.58. The highest BCUT2D eigenvalue weighted by Crippen LogP contribution is 2.20. The average Bonchev–Trinajstić information content (AvgIpc) is 2.23. The molecule has 2 nitrogen and oxygen atoms in total. The van der Waals surface area contributed by atoms with Gasteiger partial charge in [-0.2, -0.15) is 0 Å². The van der Waals surface area contributed by atoms with Gasteiger partial charge in [0, 0.05) is 6.54 Å². The van der Waals surface area contributed by atoms with E-state index in [0.717, 1.165) is 24.3 Å². The first-order chi connectivity index (χ1) is 6.77. The van der Waals surface area contributed by atoms with Crippen molar-refractivity contribution >= 4 is 0 Å². The third-order valence-corrected chi connectivity index (χ3v) is 2.54. The molecule has 0 saturated carbocycles. The van der Waals surface area contributed by atoms with Gasteiger partial charge < -0.3 is 10.1 Å². The van der Waals surface area contributed by atoms with Gasteiger partial charge >= 0.3 is 0 Å². The van der Waals surface area contributed by atoms with E-state index in [1.807, 2.05) is 6.92 Å². The molecule has 76 valence electrons. The molecule has 0 radical (unpaired) electrons. The molecular formula is C11H14FNO. The van der Waals surface area contributed by atoms with Crippen molar-refractivity contribution in [3.8, 4) is 0 Å². The Morgan fingerprint density at radius 3 is 3.07 bits per heavy atom. The van der Waals surface area contributed by atoms with Crippen molar-refractivity contribution in [2.24, 2.45) is 0 Å². The fourth-order valence-corrected chi connectivity index (χ4v) is 1.75. The lowest BCUT2D eigenvalue weighted by Gasteiger charge is -2.25. The summed E-state index contributed by atoms with van der Waals surface area (Å²) in [5, 5.41) is 3.31. The topological polar surface area (TPSA) is 21.3 Å². The number of benzene rings is 1. The molecule has 1 N–H and O–H groups in total. The van der Waals surface area contributed by atoms with E-state index in [1.165, 1.54) is 6.07 Å². The molecule has 14 heavy (non-hydrogen) atoms. The summed E-state index contributed by atoms with van der Waals surface area (Å²) in [5.41, 5.74) is 2.11. The molecule has 1 fully saturated rings. The molecule has 0 spiro atoms. The lowest BCUT2D eigenvalue weighted by atomic mass is 10.0. The van der Waals surface area contributed by atoms with E-state index in [-0.39, 0.29) is 11.9 Å². The van der Waals surface area contributed by atoms with Crippen LogP contribution in [0, 0.1) is 12.7 Å². The van der Waals surface area contributed by atoms with Gasteiger partial charge in [0.1, 0.15) is 5.82 Å².